The molecule has 2 saturated heterocycles. The van der Waals surface area contributed by atoms with Crippen LogP contribution < -0.4 is 0 Å². The topological polar surface area (TPSA) is 37.2 Å². The molecular weight excluding hydrogens is 262 g/mol. The lowest BCUT2D eigenvalue weighted by Crippen LogP contribution is -2.35. The van der Waals surface area contributed by atoms with E-state index in [1.807, 2.05) is 6.92 Å². The Labute approximate surface area is 128 Å². The molecule has 0 N–H and O–H groups in total. The molecule has 3 rings (SSSR count). The Balaban J connectivity index is 1.50. The van der Waals surface area contributed by atoms with E-state index in [2.05, 4.69) is 31.5 Å². The molecule has 0 radical (unpaired) electrons. The average Bonchev–Trinajstić information content (AvgIpc) is 3.07. The van der Waals surface area contributed by atoms with Crippen LogP contribution in [0.25, 0.3) is 0 Å². The van der Waals surface area contributed by atoms with Crippen molar-refractivity contribution in [3.8, 4) is 0 Å². The zero-order valence-electron chi connectivity index (χ0n) is 13.6. The van der Waals surface area contributed by atoms with E-state index in [4.69, 9.17) is 0 Å². The number of piperidine rings is 1. The maximum atomic E-state index is 4.35. The SMILES string of the molecule is CCn1c(C)nnc1CN1CC[C@H](CN2CCCCC2)C1. The van der Waals surface area contributed by atoms with Gasteiger partial charge in [0.05, 0.1) is 6.54 Å². The summed E-state index contributed by atoms with van der Waals surface area (Å²) in [6, 6.07) is 0. The monoisotopic (exact) mass is 291 g/mol. The Bertz CT molecular complexity index is 450. The smallest absolute Gasteiger partial charge is 0.147 e. The van der Waals surface area contributed by atoms with E-state index in [1.54, 1.807) is 0 Å². The van der Waals surface area contributed by atoms with E-state index in [0.717, 1.165) is 30.7 Å². The van der Waals surface area contributed by atoms with Crippen LogP contribution in [0.1, 0.15) is 44.3 Å². The predicted molar refractivity (Wildman–Crippen MR) is 84.1 cm³/mol. The standard InChI is InChI=1S/C16H29N5/c1-3-21-14(2)17-18-16(21)13-20-10-7-15(12-20)11-19-8-5-4-6-9-19/h15H,3-13H2,1-2H3/t15-/m1/s1. The summed E-state index contributed by atoms with van der Waals surface area (Å²) in [5.41, 5.74) is 0. The number of aryl methyl sites for hydroxylation is 1. The molecular formula is C16H29N5. The van der Waals surface area contributed by atoms with Crippen LogP contribution in [0.5, 0.6) is 0 Å². The Hall–Kier alpha value is -0.940. The first-order chi connectivity index (χ1) is 10.3. The van der Waals surface area contributed by atoms with Crippen molar-refractivity contribution in [3.05, 3.63) is 11.6 Å². The van der Waals surface area contributed by atoms with Crippen LogP contribution in [0.2, 0.25) is 0 Å². The van der Waals surface area contributed by atoms with Crippen LogP contribution >= 0.6 is 0 Å². The summed E-state index contributed by atoms with van der Waals surface area (Å²) < 4.78 is 2.23. The number of rotatable bonds is 5. The Morgan fingerprint density at radius 2 is 1.86 bits per heavy atom. The minimum absolute atomic E-state index is 0.849. The maximum Gasteiger partial charge on any atom is 0.147 e. The predicted octanol–water partition coefficient (Wildman–Crippen LogP) is 1.91. The summed E-state index contributed by atoms with van der Waals surface area (Å²) in [6.07, 6.45) is 5.57. The average molecular weight is 291 g/mol. The van der Waals surface area contributed by atoms with Crippen molar-refractivity contribution >= 4 is 0 Å². The van der Waals surface area contributed by atoms with Crippen molar-refractivity contribution < 1.29 is 0 Å². The Morgan fingerprint density at radius 1 is 1.05 bits per heavy atom. The number of hydrogen-bond donors (Lipinski definition) is 0. The van der Waals surface area contributed by atoms with Crippen molar-refractivity contribution in [3.63, 3.8) is 0 Å². The summed E-state index contributed by atoms with van der Waals surface area (Å²) in [7, 11) is 0. The molecule has 2 fully saturated rings. The first-order valence-corrected chi connectivity index (χ1v) is 8.59. The van der Waals surface area contributed by atoms with E-state index < -0.39 is 0 Å². The lowest BCUT2D eigenvalue weighted by molar-refractivity contribution is 0.192. The summed E-state index contributed by atoms with van der Waals surface area (Å²) in [6.45, 7) is 12.5. The van der Waals surface area contributed by atoms with Gasteiger partial charge in [-0.05, 0) is 58.7 Å². The lowest BCUT2D eigenvalue weighted by atomic mass is 10.1. The summed E-state index contributed by atoms with van der Waals surface area (Å²) >= 11 is 0. The normalized spacial score (nSPS) is 24.8. The molecule has 5 heteroatoms. The van der Waals surface area contributed by atoms with Gasteiger partial charge in [0.15, 0.2) is 0 Å². The molecule has 1 aromatic rings. The van der Waals surface area contributed by atoms with Gasteiger partial charge in [-0.1, -0.05) is 6.42 Å². The second kappa shape index (κ2) is 6.88. The first-order valence-electron chi connectivity index (χ1n) is 8.59. The van der Waals surface area contributed by atoms with Crippen LogP contribution in [-0.4, -0.2) is 57.3 Å². The number of nitrogens with zero attached hydrogens (tertiary/aromatic N) is 5. The van der Waals surface area contributed by atoms with Crippen LogP contribution in [0.3, 0.4) is 0 Å². The molecule has 0 aromatic carbocycles. The quantitative estimate of drug-likeness (QED) is 0.830. The van der Waals surface area contributed by atoms with E-state index in [0.29, 0.717) is 0 Å². The molecule has 5 nitrogen and oxygen atoms in total. The minimum atomic E-state index is 0.849. The van der Waals surface area contributed by atoms with E-state index in [1.165, 1.54) is 58.4 Å². The van der Waals surface area contributed by atoms with Gasteiger partial charge in [0.2, 0.25) is 0 Å². The molecule has 1 atom stereocenters. The highest BCUT2D eigenvalue weighted by atomic mass is 15.3. The van der Waals surface area contributed by atoms with Gasteiger partial charge in [-0.2, -0.15) is 0 Å². The second-order valence-electron chi connectivity index (χ2n) is 6.66. The number of aromatic nitrogens is 3. The number of likely N-dealkylation sites (tertiary alicyclic amines) is 2. The van der Waals surface area contributed by atoms with Gasteiger partial charge in [0.25, 0.3) is 0 Å². The van der Waals surface area contributed by atoms with Crippen LogP contribution in [0, 0.1) is 12.8 Å². The van der Waals surface area contributed by atoms with E-state index in [-0.39, 0.29) is 0 Å². The summed E-state index contributed by atoms with van der Waals surface area (Å²) in [5.74, 6) is 3.02. The molecule has 1 aromatic heterocycles. The fraction of sp³-hybridized carbons (Fsp3) is 0.875. The fourth-order valence-electron chi connectivity index (χ4n) is 3.87. The molecule has 21 heavy (non-hydrogen) atoms. The van der Waals surface area contributed by atoms with Crippen molar-refractivity contribution in [2.45, 2.75) is 52.6 Å². The van der Waals surface area contributed by atoms with Crippen LogP contribution in [0.15, 0.2) is 0 Å². The van der Waals surface area contributed by atoms with Crippen molar-refractivity contribution in [2.24, 2.45) is 5.92 Å². The number of hydrogen-bond acceptors (Lipinski definition) is 4. The van der Waals surface area contributed by atoms with Crippen LogP contribution in [-0.2, 0) is 13.1 Å². The first kappa shape index (κ1) is 15.0. The molecule has 2 aliphatic rings. The van der Waals surface area contributed by atoms with Crippen molar-refractivity contribution in [2.75, 3.05) is 32.7 Å². The van der Waals surface area contributed by atoms with Gasteiger partial charge in [0.1, 0.15) is 11.6 Å². The van der Waals surface area contributed by atoms with Gasteiger partial charge in [-0.15, -0.1) is 10.2 Å². The zero-order valence-corrected chi connectivity index (χ0v) is 13.6. The van der Waals surface area contributed by atoms with Crippen LogP contribution in [0.4, 0.5) is 0 Å². The molecule has 118 valence electrons. The molecule has 0 unspecified atom stereocenters. The molecule has 3 heterocycles. The largest absolute Gasteiger partial charge is 0.314 e. The molecule has 0 aliphatic carbocycles. The highest BCUT2D eigenvalue weighted by molar-refractivity contribution is 4.95. The van der Waals surface area contributed by atoms with E-state index in [9.17, 15) is 0 Å². The Kier molecular flexibility index (Phi) is 4.91. The maximum absolute atomic E-state index is 4.35. The third-order valence-electron chi connectivity index (χ3n) is 5.03. The van der Waals surface area contributed by atoms with Gasteiger partial charge in [0, 0.05) is 19.6 Å². The van der Waals surface area contributed by atoms with E-state index >= 15 is 0 Å². The van der Waals surface area contributed by atoms with Crippen molar-refractivity contribution in [1.82, 2.24) is 24.6 Å². The third-order valence-corrected chi connectivity index (χ3v) is 5.03. The molecule has 0 amide bonds. The van der Waals surface area contributed by atoms with Gasteiger partial charge in [-0.3, -0.25) is 4.90 Å². The van der Waals surface area contributed by atoms with Gasteiger partial charge in [-0.25, -0.2) is 0 Å². The van der Waals surface area contributed by atoms with Gasteiger partial charge < -0.3 is 9.47 Å². The second-order valence-corrected chi connectivity index (χ2v) is 6.66. The Morgan fingerprint density at radius 3 is 2.62 bits per heavy atom. The van der Waals surface area contributed by atoms with Gasteiger partial charge >= 0.3 is 0 Å². The molecule has 0 bridgehead atoms. The fourth-order valence-corrected chi connectivity index (χ4v) is 3.87. The lowest BCUT2D eigenvalue weighted by Gasteiger charge is -2.29. The molecule has 0 saturated carbocycles. The summed E-state index contributed by atoms with van der Waals surface area (Å²) in [5, 5.41) is 8.57. The summed E-state index contributed by atoms with van der Waals surface area (Å²) in [4.78, 5) is 5.24. The minimum Gasteiger partial charge on any atom is -0.314 e. The van der Waals surface area contributed by atoms with Crippen molar-refractivity contribution in [1.29, 1.82) is 0 Å². The molecule has 0 spiro atoms. The zero-order chi connectivity index (χ0) is 14.7. The third kappa shape index (κ3) is 3.64. The molecule has 2 aliphatic heterocycles. The highest BCUT2D eigenvalue weighted by Crippen LogP contribution is 2.21. The highest BCUT2D eigenvalue weighted by Gasteiger charge is 2.26.